The van der Waals surface area contributed by atoms with Crippen molar-refractivity contribution in [2.24, 2.45) is 11.8 Å². The Labute approximate surface area is 134 Å². The molecule has 0 aliphatic carbocycles. The first-order valence-electron chi connectivity index (χ1n) is 7.97. The van der Waals surface area contributed by atoms with Crippen LogP contribution in [0.1, 0.15) is 15.9 Å². The van der Waals surface area contributed by atoms with Gasteiger partial charge in [-0.3, -0.25) is 9.69 Å². The Balaban J connectivity index is 1.36. The first-order chi connectivity index (χ1) is 11.2. The van der Waals surface area contributed by atoms with E-state index in [1.165, 1.54) is 18.6 Å². The number of rotatable bonds is 3. The van der Waals surface area contributed by atoms with Crippen LogP contribution in [0.3, 0.4) is 0 Å². The molecule has 120 valence electrons. The van der Waals surface area contributed by atoms with Crippen molar-refractivity contribution in [3.8, 4) is 0 Å². The summed E-state index contributed by atoms with van der Waals surface area (Å²) in [6.07, 6.45) is 3.04. The van der Waals surface area contributed by atoms with Gasteiger partial charge in [-0.05, 0) is 35.6 Å². The van der Waals surface area contributed by atoms with Gasteiger partial charge in [-0.1, -0.05) is 12.1 Å². The molecule has 2 atom stereocenters. The molecule has 3 heterocycles. The van der Waals surface area contributed by atoms with Crippen molar-refractivity contribution in [2.75, 3.05) is 26.2 Å². The lowest BCUT2D eigenvalue weighted by atomic mass is 10.0. The highest BCUT2D eigenvalue weighted by Crippen LogP contribution is 2.32. The van der Waals surface area contributed by atoms with Gasteiger partial charge >= 0.3 is 0 Å². The second-order valence-corrected chi connectivity index (χ2v) is 6.57. The van der Waals surface area contributed by atoms with Crippen molar-refractivity contribution in [2.45, 2.75) is 6.54 Å². The third-order valence-electron chi connectivity index (χ3n) is 4.91. The molecule has 0 spiro atoms. The van der Waals surface area contributed by atoms with E-state index in [0.717, 1.165) is 38.3 Å². The van der Waals surface area contributed by atoms with Crippen molar-refractivity contribution in [3.05, 3.63) is 59.8 Å². The number of halogens is 1. The number of hydrogen-bond donors (Lipinski definition) is 0. The molecule has 2 aliphatic rings. The molecule has 4 rings (SSSR count). The number of likely N-dealkylation sites (tertiary alicyclic amines) is 2. The van der Waals surface area contributed by atoms with Crippen LogP contribution < -0.4 is 0 Å². The Kier molecular flexibility index (Phi) is 3.65. The highest BCUT2D eigenvalue weighted by molar-refractivity contribution is 5.94. The SMILES string of the molecule is O=C(c1ccoc1)N1C[C@@H]2CN(Cc3cccc(F)c3)C[C@H]2C1. The minimum atomic E-state index is -0.182. The normalized spacial score (nSPS) is 24.1. The van der Waals surface area contributed by atoms with Crippen LogP contribution in [0.4, 0.5) is 4.39 Å². The number of nitrogens with zero attached hydrogens (tertiary/aromatic N) is 2. The fraction of sp³-hybridized carbons (Fsp3) is 0.389. The van der Waals surface area contributed by atoms with E-state index < -0.39 is 0 Å². The van der Waals surface area contributed by atoms with E-state index >= 15 is 0 Å². The quantitative estimate of drug-likeness (QED) is 0.874. The predicted molar refractivity (Wildman–Crippen MR) is 83.3 cm³/mol. The molecule has 2 aromatic rings. The average Bonchev–Trinajstić information content (AvgIpc) is 3.22. The molecule has 2 fully saturated rings. The second kappa shape index (κ2) is 5.81. The summed E-state index contributed by atoms with van der Waals surface area (Å²) in [6, 6.07) is 8.51. The molecular weight excluding hydrogens is 295 g/mol. The molecule has 2 saturated heterocycles. The lowest BCUT2D eigenvalue weighted by Gasteiger charge is -2.21. The highest BCUT2D eigenvalue weighted by atomic mass is 19.1. The van der Waals surface area contributed by atoms with E-state index in [-0.39, 0.29) is 11.7 Å². The second-order valence-electron chi connectivity index (χ2n) is 6.57. The lowest BCUT2D eigenvalue weighted by molar-refractivity contribution is 0.0772. The highest BCUT2D eigenvalue weighted by Gasteiger charge is 2.41. The third kappa shape index (κ3) is 2.88. The Morgan fingerprint density at radius 3 is 2.61 bits per heavy atom. The summed E-state index contributed by atoms with van der Waals surface area (Å²) in [4.78, 5) is 16.7. The van der Waals surface area contributed by atoms with E-state index in [1.54, 1.807) is 18.2 Å². The topological polar surface area (TPSA) is 36.7 Å². The number of carbonyl (C=O) groups excluding carboxylic acids is 1. The summed E-state index contributed by atoms with van der Waals surface area (Å²) in [5, 5.41) is 0. The average molecular weight is 314 g/mol. The van der Waals surface area contributed by atoms with Gasteiger partial charge in [-0.15, -0.1) is 0 Å². The molecule has 1 amide bonds. The van der Waals surface area contributed by atoms with E-state index in [1.807, 2.05) is 11.0 Å². The summed E-state index contributed by atoms with van der Waals surface area (Å²) in [5.74, 6) is 0.905. The first-order valence-corrected chi connectivity index (χ1v) is 7.97. The first kappa shape index (κ1) is 14.5. The van der Waals surface area contributed by atoms with Gasteiger partial charge in [0, 0.05) is 32.7 Å². The summed E-state index contributed by atoms with van der Waals surface area (Å²) in [7, 11) is 0. The van der Waals surface area contributed by atoms with Gasteiger partial charge in [-0.25, -0.2) is 4.39 Å². The van der Waals surface area contributed by atoms with Crippen molar-refractivity contribution < 1.29 is 13.6 Å². The van der Waals surface area contributed by atoms with Crippen LogP contribution in [-0.4, -0.2) is 41.9 Å². The molecular formula is C18H19FN2O2. The van der Waals surface area contributed by atoms with Crippen LogP contribution in [0.2, 0.25) is 0 Å². The van der Waals surface area contributed by atoms with E-state index in [0.29, 0.717) is 17.4 Å². The summed E-state index contributed by atoms with van der Waals surface area (Å²) >= 11 is 0. The van der Waals surface area contributed by atoms with Gasteiger partial charge < -0.3 is 9.32 Å². The molecule has 0 unspecified atom stereocenters. The minimum absolute atomic E-state index is 0.0600. The minimum Gasteiger partial charge on any atom is -0.472 e. The fourth-order valence-corrected chi connectivity index (χ4v) is 3.85. The largest absolute Gasteiger partial charge is 0.472 e. The fourth-order valence-electron chi connectivity index (χ4n) is 3.85. The molecule has 1 aromatic carbocycles. The molecule has 0 saturated carbocycles. The van der Waals surface area contributed by atoms with Gasteiger partial charge in [0.15, 0.2) is 0 Å². The molecule has 0 radical (unpaired) electrons. The van der Waals surface area contributed by atoms with E-state index in [9.17, 15) is 9.18 Å². The van der Waals surface area contributed by atoms with Gasteiger partial charge in [0.2, 0.25) is 0 Å². The van der Waals surface area contributed by atoms with Crippen molar-refractivity contribution in [3.63, 3.8) is 0 Å². The molecule has 1 aromatic heterocycles. The maximum atomic E-state index is 13.3. The van der Waals surface area contributed by atoms with Gasteiger partial charge in [0.25, 0.3) is 5.91 Å². The third-order valence-corrected chi connectivity index (χ3v) is 4.91. The molecule has 4 nitrogen and oxygen atoms in total. The monoisotopic (exact) mass is 314 g/mol. The van der Waals surface area contributed by atoms with E-state index in [2.05, 4.69) is 4.90 Å². The van der Waals surface area contributed by atoms with Crippen LogP contribution in [0, 0.1) is 17.7 Å². The maximum Gasteiger partial charge on any atom is 0.257 e. The summed E-state index contributed by atoms with van der Waals surface area (Å²) in [6.45, 7) is 4.32. The maximum absolute atomic E-state index is 13.3. The number of benzene rings is 1. The van der Waals surface area contributed by atoms with Crippen LogP contribution in [0.15, 0.2) is 47.3 Å². The lowest BCUT2D eigenvalue weighted by Crippen LogP contribution is -2.32. The van der Waals surface area contributed by atoms with Crippen LogP contribution in [-0.2, 0) is 6.54 Å². The van der Waals surface area contributed by atoms with Crippen molar-refractivity contribution in [1.82, 2.24) is 9.80 Å². The predicted octanol–water partition coefficient (Wildman–Crippen LogP) is 2.62. The summed E-state index contributed by atoms with van der Waals surface area (Å²) < 4.78 is 18.3. The number of hydrogen-bond acceptors (Lipinski definition) is 3. The Bertz CT molecular complexity index is 687. The molecule has 0 N–H and O–H groups in total. The van der Waals surface area contributed by atoms with Crippen molar-refractivity contribution >= 4 is 5.91 Å². The Morgan fingerprint density at radius 2 is 1.96 bits per heavy atom. The molecule has 23 heavy (non-hydrogen) atoms. The van der Waals surface area contributed by atoms with Gasteiger partial charge in [-0.2, -0.15) is 0 Å². The molecule has 0 bridgehead atoms. The van der Waals surface area contributed by atoms with Crippen LogP contribution in [0.5, 0.6) is 0 Å². The smallest absolute Gasteiger partial charge is 0.257 e. The number of fused-ring (bicyclic) bond motifs is 1. The zero-order chi connectivity index (χ0) is 15.8. The van der Waals surface area contributed by atoms with Crippen LogP contribution in [0.25, 0.3) is 0 Å². The zero-order valence-electron chi connectivity index (χ0n) is 12.8. The molecule has 5 heteroatoms. The van der Waals surface area contributed by atoms with Crippen LogP contribution >= 0.6 is 0 Å². The Hall–Kier alpha value is -2.14. The van der Waals surface area contributed by atoms with E-state index in [4.69, 9.17) is 4.42 Å². The number of furan rings is 1. The molecule has 2 aliphatic heterocycles. The zero-order valence-corrected chi connectivity index (χ0v) is 12.8. The Morgan fingerprint density at radius 1 is 1.17 bits per heavy atom. The summed E-state index contributed by atoms with van der Waals surface area (Å²) in [5.41, 5.74) is 1.64. The number of carbonyl (C=O) groups is 1. The van der Waals surface area contributed by atoms with Crippen molar-refractivity contribution in [1.29, 1.82) is 0 Å². The van der Waals surface area contributed by atoms with Gasteiger partial charge in [0.1, 0.15) is 12.1 Å². The van der Waals surface area contributed by atoms with Gasteiger partial charge in [0.05, 0.1) is 11.8 Å². The number of amides is 1. The standard InChI is InChI=1S/C18H19FN2O2/c19-17-3-1-2-13(6-17)7-20-8-15-10-21(11-16(15)9-20)18(22)14-4-5-23-12-14/h1-6,12,15-16H,7-11H2/t15-,16-/m0/s1.